The summed E-state index contributed by atoms with van der Waals surface area (Å²) >= 11 is 0. The Labute approximate surface area is 180 Å². The highest BCUT2D eigenvalue weighted by Gasteiger charge is 2.38. The number of nitrogens with one attached hydrogen (secondary N) is 1. The molecule has 2 amide bonds. The van der Waals surface area contributed by atoms with Crippen molar-refractivity contribution in [1.29, 1.82) is 0 Å². The van der Waals surface area contributed by atoms with Crippen LogP contribution in [0.2, 0.25) is 0 Å². The van der Waals surface area contributed by atoms with Gasteiger partial charge < -0.3 is 4.98 Å². The van der Waals surface area contributed by atoms with Crippen LogP contribution in [0.5, 0.6) is 0 Å². The number of carbonyl (C=O) groups is 2. The summed E-state index contributed by atoms with van der Waals surface area (Å²) in [5.41, 5.74) is 5.44. The predicted octanol–water partition coefficient (Wildman–Crippen LogP) is 5.25. The van der Waals surface area contributed by atoms with Gasteiger partial charge in [0, 0.05) is 29.7 Å². The Morgan fingerprint density at radius 3 is 2.06 bits per heavy atom. The number of para-hydroxylation sites is 1. The lowest BCUT2D eigenvalue weighted by molar-refractivity contribution is -0.134. The van der Waals surface area contributed by atoms with Crippen LogP contribution in [-0.4, -0.2) is 28.7 Å². The van der Waals surface area contributed by atoms with Crippen LogP contribution in [0.3, 0.4) is 0 Å². The van der Waals surface area contributed by atoms with Crippen molar-refractivity contribution in [2.45, 2.75) is 0 Å². The third-order valence-corrected chi connectivity index (χ3v) is 5.61. The molecule has 0 atom stereocenters. The predicted molar refractivity (Wildman–Crippen MR) is 125 cm³/mol. The molecule has 0 spiro atoms. The molecule has 0 saturated carbocycles. The van der Waals surface area contributed by atoms with E-state index in [0.29, 0.717) is 11.1 Å². The maximum absolute atomic E-state index is 13.0. The summed E-state index contributed by atoms with van der Waals surface area (Å²) in [5.74, 6) is -0.560. The molecular weight excluding hydrogens is 384 g/mol. The number of H-pyrrole nitrogens is 1. The van der Waals surface area contributed by atoms with E-state index in [0.717, 1.165) is 33.2 Å². The monoisotopic (exact) mass is 404 g/mol. The smallest absolute Gasteiger partial charge is 0.261 e. The second-order valence-corrected chi connectivity index (χ2v) is 7.53. The third kappa shape index (κ3) is 3.28. The average Bonchev–Trinajstić information content (AvgIpc) is 3.33. The number of benzene rings is 3. The molecule has 0 unspecified atom stereocenters. The Bertz CT molecular complexity index is 1360. The van der Waals surface area contributed by atoms with Gasteiger partial charge >= 0.3 is 0 Å². The number of fused-ring (bicyclic) bond motifs is 1. The molecule has 3 aromatic carbocycles. The second-order valence-electron chi connectivity index (χ2n) is 7.53. The number of imide groups is 1. The van der Waals surface area contributed by atoms with Crippen LogP contribution in [0.1, 0.15) is 22.3 Å². The lowest BCUT2D eigenvalue weighted by Crippen LogP contribution is -2.26. The maximum Gasteiger partial charge on any atom is 0.261 e. The molecular formula is C27H20N2O2. The van der Waals surface area contributed by atoms with Crippen LogP contribution >= 0.6 is 0 Å². The number of rotatable bonds is 4. The van der Waals surface area contributed by atoms with Crippen molar-refractivity contribution < 1.29 is 9.59 Å². The van der Waals surface area contributed by atoms with Gasteiger partial charge in [-0.1, -0.05) is 84.9 Å². The summed E-state index contributed by atoms with van der Waals surface area (Å²) in [6.07, 6.45) is 5.88. The summed E-state index contributed by atoms with van der Waals surface area (Å²) in [6.45, 7) is 0. The van der Waals surface area contributed by atoms with Crippen molar-refractivity contribution in [1.82, 2.24) is 9.88 Å². The molecule has 0 aliphatic carbocycles. The molecule has 1 aliphatic rings. The van der Waals surface area contributed by atoms with E-state index in [-0.39, 0.29) is 11.8 Å². The van der Waals surface area contributed by atoms with Gasteiger partial charge in [0.05, 0.1) is 11.1 Å². The van der Waals surface area contributed by atoms with Crippen molar-refractivity contribution in [3.8, 4) is 0 Å². The zero-order valence-corrected chi connectivity index (χ0v) is 17.0. The zero-order valence-electron chi connectivity index (χ0n) is 17.0. The molecule has 1 N–H and O–H groups in total. The Hall–Kier alpha value is -4.18. The van der Waals surface area contributed by atoms with Crippen LogP contribution < -0.4 is 0 Å². The van der Waals surface area contributed by atoms with E-state index in [2.05, 4.69) is 4.98 Å². The SMILES string of the molecule is CN1C(=O)C(c2ccc(/C=C/c3ccccc3)cc2)=C(c2c[nH]c3ccccc23)C1=O. The summed E-state index contributed by atoms with van der Waals surface area (Å²) in [5, 5.41) is 0.925. The highest BCUT2D eigenvalue weighted by molar-refractivity contribution is 6.49. The summed E-state index contributed by atoms with van der Waals surface area (Å²) in [7, 11) is 1.53. The van der Waals surface area contributed by atoms with E-state index >= 15 is 0 Å². The largest absolute Gasteiger partial charge is 0.361 e. The fraction of sp³-hybridized carbons (Fsp3) is 0.0370. The number of nitrogens with zero attached hydrogens (tertiary/aromatic N) is 1. The van der Waals surface area contributed by atoms with Gasteiger partial charge in [0.1, 0.15) is 0 Å². The number of likely N-dealkylation sites (N-methyl/N-ethyl adjacent to an activating group) is 1. The molecule has 31 heavy (non-hydrogen) atoms. The number of aromatic amines is 1. The molecule has 0 bridgehead atoms. The van der Waals surface area contributed by atoms with E-state index in [1.807, 2.05) is 91.0 Å². The van der Waals surface area contributed by atoms with E-state index in [1.54, 1.807) is 6.20 Å². The van der Waals surface area contributed by atoms with Crippen LogP contribution in [0, 0.1) is 0 Å². The lowest BCUT2D eigenvalue weighted by Gasteiger charge is -2.06. The van der Waals surface area contributed by atoms with Crippen molar-refractivity contribution in [2.24, 2.45) is 0 Å². The first-order valence-electron chi connectivity index (χ1n) is 10.1. The van der Waals surface area contributed by atoms with Gasteiger partial charge in [-0.15, -0.1) is 0 Å². The van der Waals surface area contributed by atoms with Gasteiger partial charge in [-0.05, 0) is 22.8 Å². The third-order valence-electron chi connectivity index (χ3n) is 5.61. The van der Waals surface area contributed by atoms with Crippen molar-refractivity contribution in [2.75, 3.05) is 7.05 Å². The van der Waals surface area contributed by atoms with E-state index in [1.165, 1.54) is 11.9 Å². The van der Waals surface area contributed by atoms with E-state index in [9.17, 15) is 9.59 Å². The fourth-order valence-electron chi connectivity index (χ4n) is 3.96. The van der Waals surface area contributed by atoms with Crippen molar-refractivity contribution >= 4 is 46.0 Å². The van der Waals surface area contributed by atoms with Gasteiger partial charge in [-0.2, -0.15) is 0 Å². The van der Waals surface area contributed by atoms with Gasteiger partial charge in [-0.25, -0.2) is 0 Å². The number of hydrogen-bond acceptors (Lipinski definition) is 2. The summed E-state index contributed by atoms with van der Waals surface area (Å²) in [6, 6.07) is 25.6. The highest BCUT2D eigenvalue weighted by atomic mass is 16.2. The standard InChI is InChI=1S/C27H20N2O2/c1-29-26(30)24(25(27(29)31)22-17-28-23-10-6-5-9-21(22)23)20-15-13-19(14-16-20)12-11-18-7-3-2-4-8-18/h2-17,28H,1H3/b12-11+. The average molecular weight is 404 g/mol. The molecule has 1 aliphatic heterocycles. The van der Waals surface area contributed by atoms with Gasteiger partial charge in [0.25, 0.3) is 11.8 Å². The number of amides is 2. The number of carbonyl (C=O) groups excluding carboxylic acids is 2. The van der Waals surface area contributed by atoms with Gasteiger partial charge in [-0.3, -0.25) is 14.5 Å². The first-order valence-corrected chi connectivity index (χ1v) is 10.1. The normalized spacial score (nSPS) is 14.4. The summed E-state index contributed by atoms with van der Waals surface area (Å²) in [4.78, 5) is 30.4. The second kappa shape index (κ2) is 7.58. The number of hydrogen-bond donors (Lipinski definition) is 1. The Kier molecular flexibility index (Phi) is 4.60. The topological polar surface area (TPSA) is 53.2 Å². The lowest BCUT2D eigenvalue weighted by atomic mass is 9.95. The van der Waals surface area contributed by atoms with Gasteiger partial charge in [0.2, 0.25) is 0 Å². The minimum absolute atomic E-state index is 0.280. The van der Waals surface area contributed by atoms with Crippen molar-refractivity contribution in [3.05, 3.63) is 107 Å². The van der Waals surface area contributed by atoms with Crippen LogP contribution in [0.25, 0.3) is 34.2 Å². The van der Waals surface area contributed by atoms with Crippen LogP contribution in [-0.2, 0) is 9.59 Å². The highest BCUT2D eigenvalue weighted by Crippen LogP contribution is 2.37. The van der Waals surface area contributed by atoms with E-state index in [4.69, 9.17) is 0 Å². The molecule has 0 radical (unpaired) electrons. The van der Waals surface area contributed by atoms with Gasteiger partial charge in [0.15, 0.2) is 0 Å². The Morgan fingerprint density at radius 1 is 0.710 bits per heavy atom. The minimum atomic E-state index is -0.280. The molecule has 2 heterocycles. The molecule has 150 valence electrons. The quantitative estimate of drug-likeness (QED) is 0.373. The van der Waals surface area contributed by atoms with Crippen LogP contribution in [0.15, 0.2) is 85.1 Å². The summed E-state index contributed by atoms with van der Waals surface area (Å²) < 4.78 is 0. The maximum atomic E-state index is 13.0. The van der Waals surface area contributed by atoms with Crippen LogP contribution in [0.4, 0.5) is 0 Å². The van der Waals surface area contributed by atoms with E-state index < -0.39 is 0 Å². The first kappa shape index (κ1) is 18.8. The van der Waals surface area contributed by atoms with Crippen molar-refractivity contribution in [3.63, 3.8) is 0 Å². The minimum Gasteiger partial charge on any atom is -0.361 e. The molecule has 0 saturated heterocycles. The Morgan fingerprint density at radius 2 is 1.32 bits per heavy atom. The molecule has 5 rings (SSSR count). The Balaban J connectivity index is 1.57. The molecule has 4 heteroatoms. The fourth-order valence-corrected chi connectivity index (χ4v) is 3.96. The molecule has 4 nitrogen and oxygen atoms in total. The zero-order chi connectivity index (χ0) is 21.4. The molecule has 4 aromatic rings. The number of aromatic nitrogens is 1. The molecule has 0 fully saturated rings. The first-order chi connectivity index (χ1) is 15.1. The molecule has 1 aromatic heterocycles.